The van der Waals surface area contributed by atoms with E-state index in [1.807, 2.05) is 32.0 Å². The molecule has 1 rings (SSSR count). The molecule has 3 N–H and O–H groups in total. The summed E-state index contributed by atoms with van der Waals surface area (Å²) in [6.45, 7) is 5.15. The van der Waals surface area contributed by atoms with Gasteiger partial charge in [-0.15, -0.1) is 0 Å². The third kappa shape index (κ3) is 3.47. The Hall–Kier alpha value is -0.610. The van der Waals surface area contributed by atoms with E-state index >= 15 is 0 Å². The first-order chi connectivity index (χ1) is 7.19. The van der Waals surface area contributed by atoms with Crippen molar-refractivity contribution >= 4 is 11.6 Å². The fraction of sp³-hybridized carbons (Fsp3) is 0.455. The van der Waals surface area contributed by atoms with Gasteiger partial charge in [0.2, 0.25) is 0 Å². The molecule has 0 aliphatic heterocycles. The van der Waals surface area contributed by atoms with Crippen LogP contribution in [0.15, 0.2) is 18.2 Å². The van der Waals surface area contributed by atoms with Crippen molar-refractivity contribution in [2.75, 3.05) is 13.2 Å². The fourth-order valence-corrected chi connectivity index (χ4v) is 1.49. The molecule has 0 aliphatic carbocycles. The summed E-state index contributed by atoms with van der Waals surface area (Å²) in [4.78, 5) is 0. The van der Waals surface area contributed by atoms with Crippen LogP contribution < -0.4 is 11.3 Å². The molecular weight excluding hydrogens is 212 g/mol. The Morgan fingerprint density at radius 3 is 2.80 bits per heavy atom. The molecule has 0 radical (unpaired) electrons. The van der Waals surface area contributed by atoms with Gasteiger partial charge in [0.1, 0.15) is 0 Å². The molecule has 0 fully saturated rings. The SMILES string of the molecule is CCOCC(NN)c1ccc(C)c(Cl)c1. The molecule has 1 aromatic rings. The second-order valence-corrected chi connectivity index (χ2v) is 3.79. The van der Waals surface area contributed by atoms with E-state index in [1.54, 1.807) is 0 Å². The van der Waals surface area contributed by atoms with E-state index < -0.39 is 0 Å². The van der Waals surface area contributed by atoms with Crippen molar-refractivity contribution in [3.8, 4) is 0 Å². The van der Waals surface area contributed by atoms with Gasteiger partial charge in [0.05, 0.1) is 12.6 Å². The zero-order valence-electron chi connectivity index (χ0n) is 9.09. The molecule has 1 unspecified atom stereocenters. The molecule has 1 aromatic carbocycles. The van der Waals surface area contributed by atoms with Gasteiger partial charge in [-0.2, -0.15) is 0 Å². The van der Waals surface area contributed by atoms with Crippen LogP contribution in [0.5, 0.6) is 0 Å². The highest BCUT2D eigenvalue weighted by atomic mass is 35.5. The molecule has 84 valence electrons. The largest absolute Gasteiger partial charge is 0.380 e. The predicted octanol–water partition coefficient (Wildman–Crippen LogP) is 2.19. The van der Waals surface area contributed by atoms with E-state index in [1.165, 1.54) is 0 Å². The molecule has 4 heteroatoms. The third-order valence-electron chi connectivity index (χ3n) is 2.29. The summed E-state index contributed by atoms with van der Waals surface area (Å²) in [6.07, 6.45) is 0. The highest BCUT2D eigenvalue weighted by Crippen LogP contribution is 2.21. The van der Waals surface area contributed by atoms with Crippen LogP contribution in [0.4, 0.5) is 0 Å². The smallest absolute Gasteiger partial charge is 0.0694 e. The van der Waals surface area contributed by atoms with Crippen molar-refractivity contribution in [2.24, 2.45) is 5.84 Å². The molecular formula is C11H17ClN2O. The third-order valence-corrected chi connectivity index (χ3v) is 2.70. The Labute approximate surface area is 95.5 Å². The van der Waals surface area contributed by atoms with Crippen LogP contribution in [0.1, 0.15) is 24.1 Å². The lowest BCUT2D eigenvalue weighted by Crippen LogP contribution is -2.31. The Bertz CT molecular complexity index is 317. The highest BCUT2D eigenvalue weighted by Gasteiger charge is 2.10. The van der Waals surface area contributed by atoms with Crippen LogP contribution in [-0.2, 0) is 4.74 Å². The molecule has 3 nitrogen and oxygen atoms in total. The van der Waals surface area contributed by atoms with Gasteiger partial charge in [0.25, 0.3) is 0 Å². The van der Waals surface area contributed by atoms with Crippen molar-refractivity contribution in [3.05, 3.63) is 34.3 Å². The fourth-order valence-electron chi connectivity index (χ4n) is 1.30. The Balaban J connectivity index is 2.78. The van der Waals surface area contributed by atoms with Gasteiger partial charge in [0, 0.05) is 11.6 Å². The van der Waals surface area contributed by atoms with Crippen LogP contribution in [-0.4, -0.2) is 13.2 Å². The summed E-state index contributed by atoms with van der Waals surface area (Å²) in [6, 6.07) is 5.89. The van der Waals surface area contributed by atoms with Gasteiger partial charge in [-0.25, -0.2) is 0 Å². The van der Waals surface area contributed by atoms with E-state index in [9.17, 15) is 0 Å². The summed E-state index contributed by atoms with van der Waals surface area (Å²) >= 11 is 6.04. The molecule has 0 bridgehead atoms. The first kappa shape index (κ1) is 12.5. The summed E-state index contributed by atoms with van der Waals surface area (Å²) in [7, 11) is 0. The summed E-state index contributed by atoms with van der Waals surface area (Å²) in [5.74, 6) is 5.46. The monoisotopic (exact) mass is 228 g/mol. The average Bonchev–Trinajstić information content (AvgIpc) is 2.24. The second-order valence-electron chi connectivity index (χ2n) is 3.39. The normalized spacial score (nSPS) is 12.8. The number of aryl methyl sites for hydroxylation is 1. The van der Waals surface area contributed by atoms with Gasteiger partial charge >= 0.3 is 0 Å². The van der Waals surface area contributed by atoms with Crippen molar-refractivity contribution in [1.82, 2.24) is 5.43 Å². The van der Waals surface area contributed by atoms with Gasteiger partial charge < -0.3 is 4.74 Å². The first-order valence-electron chi connectivity index (χ1n) is 4.99. The number of hydrogen-bond acceptors (Lipinski definition) is 3. The summed E-state index contributed by atoms with van der Waals surface area (Å²) in [5.41, 5.74) is 4.82. The van der Waals surface area contributed by atoms with Crippen LogP contribution >= 0.6 is 11.6 Å². The molecule has 0 saturated carbocycles. The number of nitrogens with one attached hydrogen (secondary N) is 1. The molecule has 0 aliphatic rings. The maximum Gasteiger partial charge on any atom is 0.0694 e. The maximum atomic E-state index is 6.04. The standard InChI is InChI=1S/C11H17ClN2O/c1-3-15-7-11(14-13)9-5-4-8(2)10(12)6-9/h4-6,11,14H,3,7,13H2,1-2H3. The van der Waals surface area contributed by atoms with Crippen LogP contribution in [0, 0.1) is 6.92 Å². The van der Waals surface area contributed by atoms with E-state index in [-0.39, 0.29) is 6.04 Å². The van der Waals surface area contributed by atoms with E-state index in [4.69, 9.17) is 22.2 Å². The Morgan fingerprint density at radius 2 is 2.27 bits per heavy atom. The molecule has 0 heterocycles. The number of hydrazine groups is 1. The quantitative estimate of drug-likeness (QED) is 0.600. The number of hydrogen-bond donors (Lipinski definition) is 2. The van der Waals surface area contributed by atoms with Gasteiger partial charge in [-0.1, -0.05) is 23.7 Å². The number of ether oxygens (including phenoxy) is 1. The lowest BCUT2D eigenvalue weighted by molar-refractivity contribution is 0.123. The molecule has 0 saturated heterocycles. The topological polar surface area (TPSA) is 47.3 Å². The number of halogens is 1. The molecule has 1 atom stereocenters. The van der Waals surface area contributed by atoms with Crippen molar-refractivity contribution in [2.45, 2.75) is 19.9 Å². The second kappa shape index (κ2) is 6.08. The van der Waals surface area contributed by atoms with Crippen molar-refractivity contribution in [1.29, 1.82) is 0 Å². The van der Waals surface area contributed by atoms with Crippen LogP contribution in [0.3, 0.4) is 0 Å². The van der Waals surface area contributed by atoms with E-state index in [0.717, 1.165) is 16.1 Å². The minimum absolute atomic E-state index is 0.0111. The Morgan fingerprint density at radius 1 is 1.53 bits per heavy atom. The Kier molecular flexibility index (Phi) is 5.05. The minimum Gasteiger partial charge on any atom is -0.380 e. The highest BCUT2D eigenvalue weighted by molar-refractivity contribution is 6.31. The number of rotatable bonds is 5. The van der Waals surface area contributed by atoms with E-state index in [2.05, 4.69) is 5.43 Å². The zero-order chi connectivity index (χ0) is 11.3. The summed E-state index contributed by atoms with van der Waals surface area (Å²) < 4.78 is 5.33. The lowest BCUT2D eigenvalue weighted by atomic mass is 10.1. The van der Waals surface area contributed by atoms with Crippen molar-refractivity contribution in [3.63, 3.8) is 0 Å². The van der Waals surface area contributed by atoms with Crippen LogP contribution in [0.25, 0.3) is 0 Å². The van der Waals surface area contributed by atoms with E-state index in [0.29, 0.717) is 13.2 Å². The summed E-state index contributed by atoms with van der Waals surface area (Å²) in [5, 5.41) is 0.754. The van der Waals surface area contributed by atoms with Gasteiger partial charge in [-0.3, -0.25) is 11.3 Å². The number of nitrogens with two attached hydrogens (primary N) is 1. The maximum absolute atomic E-state index is 6.04. The zero-order valence-corrected chi connectivity index (χ0v) is 9.84. The minimum atomic E-state index is -0.0111. The molecule has 0 amide bonds. The number of benzene rings is 1. The molecule has 15 heavy (non-hydrogen) atoms. The molecule has 0 spiro atoms. The van der Waals surface area contributed by atoms with Crippen molar-refractivity contribution < 1.29 is 4.74 Å². The van der Waals surface area contributed by atoms with Gasteiger partial charge in [0.15, 0.2) is 0 Å². The average molecular weight is 229 g/mol. The lowest BCUT2D eigenvalue weighted by Gasteiger charge is -2.16. The molecule has 0 aromatic heterocycles. The predicted molar refractivity (Wildman–Crippen MR) is 62.7 cm³/mol. The van der Waals surface area contributed by atoms with Gasteiger partial charge in [-0.05, 0) is 31.0 Å². The van der Waals surface area contributed by atoms with Crippen LogP contribution in [0.2, 0.25) is 5.02 Å². The first-order valence-corrected chi connectivity index (χ1v) is 5.36.